The number of thioether (sulfide) groups is 1. The van der Waals surface area contributed by atoms with E-state index in [4.69, 9.17) is 40.2 Å². The Kier molecular flexibility index (Phi) is 7.77. The average Bonchev–Trinajstić information content (AvgIpc) is 2.99. The van der Waals surface area contributed by atoms with Crippen LogP contribution in [0.15, 0.2) is 47.4 Å². The van der Waals surface area contributed by atoms with Gasteiger partial charge in [0.1, 0.15) is 16.7 Å². The molecule has 9 heteroatoms. The molecule has 2 aromatic carbocycles. The number of thiocarbonyl (C=S) groups is 1. The van der Waals surface area contributed by atoms with Crippen LogP contribution in [0.4, 0.5) is 0 Å². The van der Waals surface area contributed by atoms with E-state index < -0.39 is 0 Å². The zero-order valence-corrected chi connectivity index (χ0v) is 19.0. The van der Waals surface area contributed by atoms with Crippen LogP contribution in [0.2, 0.25) is 10.0 Å². The highest BCUT2D eigenvalue weighted by molar-refractivity contribution is 8.26. The number of esters is 1. The first kappa shape index (κ1) is 22.6. The molecular formula is C21H17Cl2NO4S2. The van der Waals surface area contributed by atoms with Crippen molar-refractivity contribution >= 4 is 69.5 Å². The van der Waals surface area contributed by atoms with Gasteiger partial charge in [0.05, 0.1) is 18.4 Å². The fourth-order valence-electron chi connectivity index (χ4n) is 2.61. The second-order valence-corrected chi connectivity index (χ2v) is 8.77. The maximum atomic E-state index is 12.6. The summed E-state index contributed by atoms with van der Waals surface area (Å²) >= 11 is 18.5. The highest BCUT2D eigenvalue weighted by atomic mass is 35.5. The minimum absolute atomic E-state index is 0.0971. The van der Waals surface area contributed by atoms with Crippen LogP contribution in [0.3, 0.4) is 0 Å². The van der Waals surface area contributed by atoms with Crippen LogP contribution in [0.1, 0.15) is 17.5 Å². The first-order valence-electron chi connectivity index (χ1n) is 8.86. The van der Waals surface area contributed by atoms with E-state index >= 15 is 0 Å². The molecule has 2 aromatic rings. The van der Waals surface area contributed by atoms with Crippen molar-refractivity contribution in [3.63, 3.8) is 0 Å². The highest BCUT2D eigenvalue weighted by Crippen LogP contribution is 2.33. The molecule has 1 amide bonds. The molecule has 1 saturated heterocycles. The first-order chi connectivity index (χ1) is 14.4. The van der Waals surface area contributed by atoms with Crippen molar-refractivity contribution in [2.75, 3.05) is 13.7 Å². The Morgan fingerprint density at radius 1 is 1.20 bits per heavy atom. The third-order valence-electron chi connectivity index (χ3n) is 4.23. The number of ether oxygens (including phenoxy) is 2. The first-order valence-corrected chi connectivity index (χ1v) is 10.8. The van der Waals surface area contributed by atoms with Gasteiger partial charge >= 0.3 is 5.97 Å². The largest absolute Gasteiger partial charge is 0.489 e. The summed E-state index contributed by atoms with van der Waals surface area (Å²) in [6.45, 7) is 0.517. The lowest BCUT2D eigenvalue weighted by atomic mass is 10.2. The Hall–Kier alpha value is -2.06. The van der Waals surface area contributed by atoms with Crippen LogP contribution < -0.4 is 4.74 Å². The number of amides is 1. The van der Waals surface area contributed by atoms with Crippen molar-refractivity contribution in [1.82, 2.24) is 4.90 Å². The van der Waals surface area contributed by atoms with Gasteiger partial charge in [-0.15, -0.1) is 0 Å². The van der Waals surface area contributed by atoms with Gasteiger partial charge in [-0.1, -0.05) is 65.4 Å². The van der Waals surface area contributed by atoms with Crippen molar-refractivity contribution in [2.45, 2.75) is 13.0 Å². The second-order valence-electron chi connectivity index (χ2n) is 6.25. The molecular weight excluding hydrogens is 465 g/mol. The van der Waals surface area contributed by atoms with Gasteiger partial charge < -0.3 is 9.47 Å². The van der Waals surface area contributed by atoms with Crippen LogP contribution in [-0.4, -0.2) is 34.8 Å². The van der Waals surface area contributed by atoms with E-state index in [1.807, 2.05) is 30.3 Å². The number of nitrogens with zero attached hydrogens (tertiary/aromatic N) is 1. The van der Waals surface area contributed by atoms with Crippen LogP contribution >= 0.6 is 47.2 Å². The van der Waals surface area contributed by atoms with Crippen LogP contribution in [0.25, 0.3) is 6.08 Å². The summed E-state index contributed by atoms with van der Waals surface area (Å²) in [5.41, 5.74) is 1.67. The van der Waals surface area contributed by atoms with Crippen molar-refractivity contribution in [3.05, 3.63) is 68.5 Å². The average molecular weight is 482 g/mol. The molecule has 0 spiro atoms. The van der Waals surface area contributed by atoms with Gasteiger partial charge in [0.25, 0.3) is 5.91 Å². The summed E-state index contributed by atoms with van der Waals surface area (Å²) in [6.07, 6.45) is 1.86. The van der Waals surface area contributed by atoms with Crippen molar-refractivity contribution in [1.29, 1.82) is 0 Å². The molecule has 0 atom stereocenters. The molecule has 30 heavy (non-hydrogen) atoms. The molecule has 1 heterocycles. The Labute approximate surface area is 193 Å². The van der Waals surface area contributed by atoms with E-state index in [2.05, 4.69) is 4.74 Å². The van der Waals surface area contributed by atoms with E-state index in [9.17, 15) is 9.59 Å². The van der Waals surface area contributed by atoms with Gasteiger partial charge in [-0.3, -0.25) is 14.5 Å². The summed E-state index contributed by atoms with van der Waals surface area (Å²) in [7, 11) is 1.31. The molecule has 0 N–H and O–H groups in total. The Balaban J connectivity index is 1.62. The Bertz CT molecular complexity index is 1010. The lowest BCUT2D eigenvalue weighted by molar-refractivity contribution is -0.140. The summed E-state index contributed by atoms with van der Waals surface area (Å²) in [4.78, 5) is 25.8. The smallest absolute Gasteiger partial charge is 0.307 e. The molecule has 0 bridgehead atoms. The van der Waals surface area contributed by atoms with Gasteiger partial charge in [-0.2, -0.15) is 0 Å². The van der Waals surface area contributed by atoms with Crippen molar-refractivity contribution in [2.24, 2.45) is 0 Å². The molecule has 1 aliphatic rings. The van der Waals surface area contributed by atoms with Crippen LogP contribution in [0.5, 0.6) is 5.75 Å². The van der Waals surface area contributed by atoms with E-state index in [0.717, 1.165) is 11.1 Å². The van der Waals surface area contributed by atoms with Crippen LogP contribution in [0, 0.1) is 0 Å². The van der Waals surface area contributed by atoms with Gasteiger partial charge in [0.2, 0.25) is 0 Å². The third kappa shape index (κ3) is 5.76. The summed E-state index contributed by atoms with van der Waals surface area (Å²) in [5, 5.41) is 1.12. The number of hydrogen-bond acceptors (Lipinski definition) is 6. The monoisotopic (exact) mass is 481 g/mol. The van der Waals surface area contributed by atoms with E-state index in [1.165, 1.54) is 23.8 Å². The van der Waals surface area contributed by atoms with E-state index in [0.29, 0.717) is 31.6 Å². The topological polar surface area (TPSA) is 55.8 Å². The van der Waals surface area contributed by atoms with Gasteiger partial charge in [-0.05, 0) is 35.9 Å². The van der Waals surface area contributed by atoms with E-state index in [-0.39, 0.29) is 24.8 Å². The van der Waals surface area contributed by atoms with Crippen molar-refractivity contribution < 1.29 is 19.1 Å². The Morgan fingerprint density at radius 3 is 2.60 bits per heavy atom. The number of hydrogen-bond donors (Lipinski definition) is 0. The zero-order valence-electron chi connectivity index (χ0n) is 15.9. The zero-order chi connectivity index (χ0) is 21.7. The molecule has 0 aliphatic carbocycles. The predicted molar refractivity (Wildman–Crippen MR) is 124 cm³/mol. The molecule has 0 unspecified atom stereocenters. The number of carbonyl (C=O) groups is 2. The predicted octanol–water partition coefficient (Wildman–Crippen LogP) is 5.34. The number of carbonyl (C=O) groups excluding carboxylic acids is 2. The lowest BCUT2D eigenvalue weighted by Gasteiger charge is -2.12. The molecule has 1 aliphatic heterocycles. The molecule has 5 nitrogen and oxygen atoms in total. The van der Waals surface area contributed by atoms with Gasteiger partial charge in [0.15, 0.2) is 0 Å². The number of methoxy groups -OCH3 is 1. The fourth-order valence-corrected chi connectivity index (χ4v) is 4.38. The SMILES string of the molecule is COC(=O)CCN1C(=O)/C(=C/c2ccc(OCc3ccc(Cl)cc3Cl)cc2)SC1=S. The molecule has 0 radical (unpaired) electrons. The quantitative estimate of drug-likeness (QED) is 0.302. The molecule has 0 aromatic heterocycles. The number of benzene rings is 2. The maximum Gasteiger partial charge on any atom is 0.307 e. The Morgan fingerprint density at radius 2 is 1.93 bits per heavy atom. The second kappa shape index (κ2) is 10.3. The van der Waals surface area contributed by atoms with Gasteiger partial charge in [-0.25, -0.2) is 0 Å². The standard InChI is InChI=1S/C21H17Cl2NO4S2/c1-27-19(25)8-9-24-20(26)18(30-21(24)29)10-13-2-6-16(7-3-13)28-12-14-4-5-15(22)11-17(14)23/h2-7,10-11H,8-9,12H2,1H3/b18-10-. The highest BCUT2D eigenvalue weighted by Gasteiger charge is 2.32. The fraction of sp³-hybridized carbons (Fsp3) is 0.190. The summed E-state index contributed by atoms with van der Waals surface area (Å²) in [5.74, 6) is 0.0684. The van der Waals surface area contributed by atoms with Gasteiger partial charge in [0, 0.05) is 22.2 Å². The van der Waals surface area contributed by atoms with E-state index in [1.54, 1.807) is 18.2 Å². The molecule has 0 saturated carbocycles. The maximum absolute atomic E-state index is 12.6. The lowest BCUT2D eigenvalue weighted by Crippen LogP contribution is -2.30. The summed E-state index contributed by atoms with van der Waals surface area (Å²) in [6, 6.07) is 12.6. The normalized spacial score (nSPS) is 15.0. The van der Waals surface area contributed by atoms with Crippen LogP contribution in [-0.2, 0) is 20.9 Å². The van der Waals surface area contributed by atoms with Crippen molar-refractivity contribution in [3.8, 4) is 5.75 Å². The third-order valence-corrected chi connectivity index (χ3v) is 6.19. The molecule has 156 valence electrons. The summed E-state index contributed by atoms with van der Waals surface area (Å²) < 4.78 is 10.8. The molecule has 1 fully saturated rings. The number of rotatable bonds is 7. The number of halogens is 2. The molecule has 3 rings (SSSR count). The minimum Gasteiger partial charge on any atom is -0.489 e. The minimum atomic E-state index is -0.386.